The van der Waals surface area contributed by atoms with Crippen molar-refractivity contribution in [1.82, 2.24) is 10.2 Å². The number of ether oxygens (including phenoxy) is 2. The first-order valence-electron chi connectivity index (χ1n) is 7.86. The number of likely N-dealkylation sites (N-methyl/N-ethyl adjacent to an activating group) is 1. The van der Waals surface area contributed by atoms with Crippen LogP contribution in [-0.4, -0.2) is 50.7 Å². The number of carbonyl (C=O) groups excluding carboxylic acids is 1. The average molecular weight is 306 g/mol. The molecule has 1 aliphatic heterocycles. The lowest BCUT2D eigenvalue weighted by Gasteiger charge is -2.32. The van der Waals surface area contributed by atoms with Crippen molar-refractivity contribution in [1.29, 1.82) is 0 Å². The van der Waals surface area contributed by atoms with Crippen LogP contribution in [0.15, 0.2) is 18.2 Å². The number of nitrogens with one attached hydrogen (secondary N) is 1. The molecule has 0 aromatic heterocycles. The van der Waals surface area contributed by atoms with Crippen LogP contribution >= 0.6 is 0 Å². The first-order valence-corrected chi connectivity index (χ1v) is 7.86. The Balaban J connectivity index is 1.82. The molecule has 1 heterocycles. The van der Waals surface area contributed by atoms with E-state index in [-0.39, 0.29) is 5.91 Å². The Bertz CT molecular complexity index is 505. The smallest absolute Gasteiger partial charge is 0.226 e. The van der Waals surface area contributed by atoms with Crippen molar-refractivity contribution in [2.24, 2.45) is 0 Å². The summed E-state index contributed by atoms with van der Waals surface area (Å²) < 4.78 is 11.0. The largest absolute Gasteiger partial charge is 0.493 e. The van der Waals surface area contributed by atoms with Crippen molar-refractivity contribution < 1.29 is 14.3 Å². The molecule has 0 bridgehead atoms. The van der Waals surface area contributed by atoms with Crippen molar-refractivity contribution >= 4 is 5.91 Å². The third-order valence-corrected chi connectivity index (χ3v) is 4.07. The molecule has 122 valence electrons. The van der Waals surface area contributed by atoms with E-state index in [1.165, 1.54) is 0 Å². The molecule has 1 saturated heterocycles. The Morgan fingerprint density at radius 2 is 2.23 bits per heavy atom. The number of hydrogen-bond acceptors (Lipinski definition) is 4. The number of aryl methyl sites for hydroxylation is 1. The minimum atomic E-state index is 0.158. The number of carbonyl (C=O) groups is 1. The second-order valence-corrected chi connectivity index (χ2v) is 5.72. The van der Waals surface area contributed by atoms with Gasteiger partial charge in [0.25, 0.3) is 0 Å². The van der Waals surface area contributed by atoms with Gasteiger partial charge in [0.1, 0.15) is 0 Å². The predicted octanol–water partition coefficient (Wildman–Crippen LogP) is 1.98. The Kier molecular flexibility index (Phi) is 6.07. The Labute approximate surface area is 132 Å². The maximum atomic E-state index is 12.2. The van der Waals surface area contributed by atoms with Crippen LogP contribution in [-0.2, 0) is 4.79 Å². The number of hydrogen-bond donors (Lipinski definition) is 1. The summed E-state index contributed by atoms with van der Waals surface area (Å²) in [5.74, 6) is 1.55. The summed E-state index contributed by atoms with van der Waals surface area (Å²) >= 11 is 0. The summed E-state index contributed by atoms with van der Waals surface area (Å²) in [5.41, 5.74) is 1.12. The fourth-order valence-corrected chi connectivity index (χ4v) is 2.74. The number of likely N-dealkylation sites (tertiary alicyclic amines) is 1. The Morgan fingerprint density at radius 1 is 1.41 bits per heavy atom. The molecular weight excluding hydrogens is 280 g/mol. The lowest BCUT2D eigenvalue weighted by atomic mass is 10.1. The summed E-state index contributed by atoms with van der Waals surface area (Å²) in [6, 6.07) is 6.20. The van der Waals surface area contributed by atoms with Gasteiger partial charge in [-0.3, -0.25) is 4.79 Å². The fourth-order valence-electron chi connectivity index (χ4n) is 2.74. The minimum absolute atomic E-state index is 0.158. The van der Waals surface area contributed by atoms with Gasteiger partial charge in [-0.15, -0.1) is 0 Å². The van der Waals surface area contributed by atoms with Gasteiger partial charge in [0.15, 0.2) is 11.5 Å². The highest BCUT2D eigenvalue weighted by Crippen LogP contribution is 2.27. The van der Waals surface area contributed by atoms with Crippen LogP contribution in [0.2, 0.25) is 0 Å². The molecule has 1 fully saturated rings. The van der Waals surface area contributed by atoms with E-state index in [0.29, 0.717) is 30.6 Å². The van der Waals surface area contributed by atoms with Crippen LogP contribution in [0.25, 0.3) is 0 Å². The van der Waals surface area contributed by atoms with Crippen molar-refractivity contribution in [2.75, 3.05) is 33.9 Å². The van der Waals surface area contributed by atoms with E-state index in [9.17, 15) is 4.79 Å². The number of piperidine rings is 1. The molecule has 1 N–H and O–H groups in total. The van der Waals surface area contributed by atoms with Gasteiger partial charge in [-0.2, -0.15) is 0 Å². The number of rotatable bonds is 6. The Morgan fingerprint density at radius 3 is 2.95 bits per heavy atom. The van der Waals surface area contributed by atoms with Crippen LogP contribution in [0.1, 0.15) is 24.8 Å². The molecule has 0 radical (unpaired) electrons. The van der Waals surface area contributed by atoms with Gasteiger partial charge in [0.05, 0.1) is 20.1 Å². The van der Waals surface area contributed by atoms with E-state index in [1.54, 1.807) is 7.11 Å². The quantitative estimate of drug-likeness (QED) is 0.873. The molecule has 22 heavy (non-hydrogen) atoms. The summed E-state index contributed by atoms with van der Waals surface area (Å²) in [6.45, 7) is 4.03. The summed E-state index contributed by atoms with van der Waals surface area (Å²) in [6.07, 6.45) is 2.59. The molecule has 1 aromatic rings. The van der Waals surface area contributed by atoms with Crippen molar-refractivity contribution in [3.05, 3.63) is 23.8 Å². The first-order chi connectivity index (χ1) is 10.6. The van der Waals surface area contributed by atoms with E-state index in [1.807, 2.05) is 37.1 Å². The SMILES string of the molecule is CNC1CCCN(C(=O)CCOc2ccc(C)cc2OC)C1. The fraction of sp³-hybridized carbons (Fsp3) is 0.588. The Hall–Kier alpha value is -1.75. The van der Waals surface area contributed by atoms with E-state index < -0.39 is 0 Å². The third-order valence-electron chi connectivity index (χ3n) is 4.07. The molecule has 5 heteroatoms. The standard InChI is InChI=1S/C17H26N2O3/c1-13-6-7-15(16(11-13)21-3)22-10-8-17(20)19-9-4-5-14(12-19)18-2/h6-7,11,14,18H,4-5,8-10,12H2,1-3H3. The number of nitrogens with zero attached hydrogens (tertiary/aromatic N) is 1. The molecular formula is C17H26N2O3. The van der Waals surface area contributed by atoms with Crippen LogP contribution in [0.5, 0.6) is 11.5 Å². The van der Waals surface area contributed by atoms with Gasteiger partial charge in [-0.05, 0) is 44.5 Å². The second kappa shape index (κ2) is 8.03. The lowest BCUT2D eigenvalue weighted by molar-refractivity contribution is -0.133. The van der Waals surface area contributed by atoms with E-state index >= 15 is 0 Å². The molecule has 1 aliphatic rings. The van der Waals surface area contributed by atoms with Gasteiger partial charge in [-0.1, -0.05) is 6.07 Å². The molecule has 0 aliphatic carbocycles. The molecule has 0 saturated carbocycles. The minimum Gasteiger partial charge on any atom is -0.493 e. The van der Waals surface area contributed by atoms with E-state index in [0.717, 1.165) is 31.5 Å². The summed E-state index contributed by atoms with van der Waals surface area (Å²) in [4.78, 5) is 14.2. The molecule has 1 unspecified atom stereocenters. The number of benzene rings is 1. The zero-order valence-corrected chi connectivity index (χ0v) is 13.7. The molecule has 0 spiro atoms. The summed E-state index contributed by atoms with van der Waals surface area (Å²) in [7, 11) is 3.57. The van der Waals surface area contributed by atoms with Gasteiger partial charge >= 0.3 is 0 Å². The van der Waals surface area contributed by atoms with Crippen molar-refractivity contribution in [2.45, 2.75) is 32.2 Å². The highest BCUT2D eigenvalue weighted by atomic mass is 16.5. The predicted molar refractivity (Wildman–Crippen MR) is 86.5 cm³/mol. The monoisotopic (exact) mass is 306 g/mol. The van der Waals surface area contributed by atoms with Gasteiger partial charge < -0.3 is 19.7 Å². The first kappa shape index (κ1) is 16.6. The second-order valence-electron chi connectivity index (χ2n) is 5.72. The molecule has 5 nitrogen and oxygen atoms in total. The normalized spacial score (nSPS) is 18.1. The van der Waals surface area contributed by atoms with E-state index in [2.05, 4.69) is 5.32 Å². The van der Waals surface area contributed by atoms with Gasteiger partial charge in [0, 0.05) is 19.1 Å². The number of methoxy groups -OCH3 is 1. The van der Waals surface area contributed by atoms with Crippen LogP contribution in [0, 0.1) is 6.92 Å². The van der Waals surface area contributed by atoms with Crippen LogP contribution in [0.4, 0.5) is 0 Å². The highest BCUT2D eigenvalue weighted by molar-refractivity contribution is 5.76. The van der Waals surface area contributed by atoms with Crippen molar-refractivity contribution in [3.63, 3.8) is 0 Å². The lowest BCUT2D eigenvalue weighted by Crippen LogP contribution is -2.47. The summed E-state index contributed by atoms with van der Waals surface area (Å²) in [5, 5.41) is 3.25. The van der Waals surface area contributed by atoms with E-state index in [4.69, 9.17) is 9.47 Å². The molecule has 1 atom stereocenters. The van der Waals surface area contributed by atoms with Crippen LogP contribution in [0.3, 0.4) is 0 Å². The maximum Gasteiger partial charge on any atom is 0.226 e. The topological polar surface area (TPSA) is 50.8 Å². The zero-order chi connectivity index (χ0) is 15.9. The maximum absolute atomic E-state index is 12.2. The molecule has 1 amide bonds. The average Bonchev–Trinajstić information content (AvgIpc) is 2.56. The highest BCUT2D eigenvalue weighted by Gasteiger charge is 2.22. The van der Waals surface area contributed by atoms with Crippen molar-refractivity contribution in [3.8, 4) is 11.5 Å². The molecule has 2 rings (SSSR count). The van der Waals surface area contributed by atoms with Crippen LogP contribution < -0.4 is 14.8 Å². The molecule has 1 aromatic carbocycles. The third kappa shape index (κ3) is 4.37. The van der Waals surface area contributed by atoms with Gasteiger partial charge in [-0.25, -0.2) is 0 Å². The number of amides is 1. The zero-order valence-electron chi connectivity index (χ0n) is 13.7. The van der Waals surface area contributed by atoms with Gasteiger partial charge in [0.2, 0.25) is 5.91 Å².